The Bertz CT molecular complexity index is 420. The minimum absolute atomic E-state index is 0.547. The zero-order valence-corrected chi connectivity index (χ0v) is 12.8. The third kappa shape index (κ3) is 3.56. The van der Waals surface area contributed by atoms with E-state index in [1.807, 2.05) is 11.3 Å². The predicted octanol–water partition coefficient (Wildman–Crippen LogP) is 3.10. The van der Waals surface area contributed by atoms with Crippen molar-refractivity contribution >= 4 is 11.3 Å². The van der Waals surface area contributed by atoms with Gasteiger partial charge in [-0.2, -0.15) is 0 Å². The van der Waals surface area contributed by atoms with Crippen LogP contribution in [0.5, 0.6) is 0 Å². The number of nitrogens with one attached hydrogen (secondary N) is 1. The Hall–Kier alpha value is -0.450. The van der Waals surface area contributed by atoms with E-state index < -0.39 is 0 Å². The van der Waals surface area contributed by atoms with Gasteiger partial charge in [-0.25, -0.2) is 4.98 Å². The number of hydrogen-bond donors (Lipinski definition) is 1. The molecule has 0 aromatic carbocycles. The number of hydrogen-bond acceptors (Lipinski definition) is 4. The first-order valence-corrected chi connectivity index (χ1v) is 8.33. The Balaban J connectivity index is 1.73. The first-order valence-electron chi connectivity index (χ1n) is 7.52. The van der Waals surface area contributed by atoms with Gasteiger partial charge in [-0.1, -0.05) is 13.8 Å². The van der Waals surface area contributed by atoms with Crippen molar-refractivity contribution in [3.8, 4) is 0 Å². The van der Waals surface area contributed by atoms with Gasteiger partial charge in [0, 0.05) is 30.0 Å². The molecule has 0 radical (unpaired) electrons. The summed E-state index contributed by atoms with van der Waals surface area (Å²) in [6.45, 7) is 7.33. The highest BCUT2D eigenvalue weighted by Crippen LogP contribution is 2.32. The van der Waals surface area contributed by atoms with Gasteiger partial charge < -0.3 is 10.1 Å². The van der Waals surface area contributed by atoms with Gasteiger partial charge in [-0.15, -0.1) is 11.3 Å². The fourth-order valence-corrected chi connectivity index (χ4v) is 3.68. The number of aromatic nitrogens is 1. The standard InChI is InChI=1S/C15H24N2OS/c1-10(2)7-13-14(8-16-12-3-4-12)19-15(17-13)11-5-6-18-9-11/h10-12,16H,3-9H2,1-2H3. The second kappa shape index (κ2) is 5.90. The van der Waals surface area contributed by atoms with Crippen molar-refractivity contribution in [2.45, 2.75) is 58.0 Å². The molecule has 2 heterocycles. The van der Waals surface area contributed by atoms with Gasteiger partial charge in [-0.3, -0.25) is 0 Å². The SMILES string of the molecule is CC(C)Cc1nc(C2CCOC2)sc1CNC1CC1. The normalized spacial score (nSPS) is 23.4. The number of nitrogens with zero attached hydrogens (tertiary/aromatic N) is 1. The Kier molecular flexibility index (Phi) is 4.20. The van der Waals surface area contributed by atoms with Crippen molar-refractivity contribution in [1.29, 1.82) is 0 Å². The summed E-state index contributed by atoms with van der Waals surface area (Å²) in [5.41, 5.74) is 1.33. The maximum atomic E-state index is 5.50. The lowest BCUT2D eigenvalue weighted by Gasteiger charge is -2.05. The van der Waals surface area contributed by atoms with Gasteiger partial charge in [0.1, 0.15) is 0 Å². The molecule has 19 heavy (non-hydrogen) atoms. The molecule has 2 fully saturated rings. The first-order chi connectivity index (χ1) is 9.22. The number of thiazole rings is 1. The molecule has 1 atom stereocenters. The maximum absolute atomic E-state index is 5.50. The van der Waals surface area contributed by atoms with E-state index in [1.54, 1.807) is 0 Å². The van der Waals surface area contributed by atoms with E-state index in [-0.39, 0.29) is 0 Å². The van der Waals surface area contributed by atoms with Gasteiger partial charge in [0.25, 0.3) is 0 Å². The van der Waals surface area contributed by atoms with Crippen LogP contribution in [-0.2, 0) is 17.7 Å². The fourth-order valence-electron chi connectivity index (χ4n) is 2.52. The average Bonchev–Trinajstić information content (AvgIpc) is 2.89. The average molecular weight is 280 g/mol. The lowest BCUT2D eigenvalue weighted by molar-refractivity contribution is 0.194. The first kappa shape index (κ1) is 13.5. The van der Waals surface area contributed by atoms with Crippen LogP contribution in [0, 0.1) is 5.92 Å². The third-order valence-corrected chi connectivity index (χ3v) is 5.06. The molecule has 1 saturated heterocycles. The molecular weight excluding hydrogens is 256 g/mol. The maximum Gasteiger partial charge on any atom is 0.0986 e. The van der Waals surface area contributed by atoms with Gasteiger partial charge in [0.15, 0.2) is 0 Å². The molecule has 1 aliphatic heterocycles. The van der Waals surface area contributed by atoms with E-state index in [9.17, 15) is 0 Å². The van der Waals surface area contributed by atoms with Crippen molar-refractivity contribution in [2.75, 3.05) is 13.2 Å². The van der Waals surface area contributed by atoms with E-state index in [4.69, 9.17) is 9.72 Å². The molecule has 1 unspecified atom stereocenters. The monoisotopic (exact) mass is 280 g/mol. The minimum Gasteiger partial charge on any atom is -0.381 e. The van der Waals surface area contributed by atoms with Crippen molar-refractivity contribution in [2.24, 2.45) is 5.92 Å². The smallest absolute Gasteiger partial charge is 0.0986 e. The number of ether oxygens (including phenoxy) is 1. The third-order valence-electron chi connectivity index (χ3n) is 3.80. The topological polar surface area (TPSA) is 34.1 Å². The molecule has 0 bridgehead atoms. The Morgan fingerprint density at radius 1 is 1.37 bits per heavy atom. The Morgan fingerprint density at radius 3 is 2.84 bits per heavy atom. The molecule has 3 nitrogen and oxygen atoms in total. The summed E-state index contributed by atoms with van der Waals surface area (Å²) < 4.78 is 5.50. The lowest BCUT2D eigenvalue weighted by atomic mass is 10.1. The molecule has 0 amide bonds. The van der Waals surface area contributed by atoms with Crippen LogP contribution in [0.15, 0.2) is 0 Å². The highest BCUT2D eigenvalue weighted by molar-refractivity contribution is 7.11. The lowest BCUT2D eigenvalue weighted by Crippen LogP contribution is -2.15. The molecular formula is C15H24N2OS. The summed E-state index contributed by atoms with van der Waals surface area (Å²) in [7, 11) is 0. The van der Waals surface area contributed by atoms with Crippen LogP contribution < -0.4 is 5.32 Å². The van der Waals surface area contributed by atoms with Gasteiger partial charge in [0.05, 0.1) is 17.3 Å². The van der Waals surface area contributed by atoms with Crippen LogP contribution in [0.1, 0.15) is 54.6 Å². The van der Waals surface area contributed by atoms with E-state index >= 15 is 0 Å². The van der Waals surface area contributed by atoms with Crippen LogP contribution in [0.25, 0.3) is 0 Å². The van der Waals surface area contributed by atoms with Crippen LogP contribution in [0.4, 0.5) is 0 Å². The van der Waals surface area contributed by atoms with Gasteiger partial charge in [-0.05, 0) is 31.6 Å². The van der Waals surface area contributed by atoms with Crippen LogP contribution in [-0.4, -0.2) is 24.2 Å². The van der Waals surface area contributed by atoms with Crippen molar-refractivity contribution < 1.29 is 4.74 Å². The molecule has 1 N–H and O–H groups in total. The van der Waals surface area contributed by atoms with Crippen LogP contribution in [0.3, 0.4) is 0 Å². The van der Waals surface area contributed by atoms with Gasteiger partial charge >= 0.3 is 0 Å². The van der Waals surface area contributed by atoms with Crippen molar-refractivity contribution in [1.82, 2.24) is 10.3 Å². The Labute approximate surface area is 119 Å². The predicted molar refractivity (Wildman–Crippen MR) is 78.7 cm³/mol. The van der Waals surface area contributed by atoms with Crippen molar-refractivity contribution in [3.63, 3.8) is 0 Å². The molecule has 3 rings (SSSR count). The van der Waals surface area contributed by atoms with Gasteiger partial charge in [0.2, 0.25) is 0 Å². The summed E-state index contributed by atoms with van der Waals surface area (Å²) in [5, 5.41) is 4.94. The molecule has 1 aliphatic carbocycles. The van der Waals surface area contributed by atoms with E-state index in [1.165, 1.54) is 28.4 Å². The fraction of sp³-hybridized carbons (Fsp3) is 0.800. The van der Waals surface area contributed by atoms with E-state index in [0.717, 1.165) is 38.6 Å². The quantitative estimate of drug-likeness (QED) is 0.869. The molecule has 1 saturated carbocycles. The molecule has 2 aliphatic rings. The molecule has 0 spiro atoms. The van der Waals surface area contributed by atoms with Crippen LogP contribution >= 0.6 is 11.3 Å². The summed E-state index contributed by atoms with van der Waals surface area (Å²) in [5.74, 6) is 1.22. The zero-order chi connectivity index (χ0) is 13.2. The molecule has 106 valence electrons. The Morgan fingerprint density at radius 2 is 2.21 bits per heavy atom. The summed E-state index contributed by atoms with van der Waals surface area (Å²) in [6.07, 6.45) is 4.94. The molecule has 1 aromatic rings. The number of rotatable bonds is 6. The van der Waals surface area contributed by atoms with Crippen LogP contribution in [0.2, 0.25) is 0 Å². The molecule has 1 aromatic heterocycles. The minimum atomic E-state index is 0.547. The van der Waals surface area contributed by atoms with Crippen molar-refractivity contribution in [3.05, 3.63) is 15.6 Å². The summed E-state index contributed by atoms with van der Waals surface area (Å²) in [4.78, 5) is 6.39. The second-order valence-electron chi connectivity index (χ2n) is 6.24. The highest BCUT2D eigenvalue weighted by Gasteiger charge is 2.25. The second-order valence-corrected chi connectivity index (χ2v) is 7.35. The largest absolute Gasteiger partial charge is 0.381 e. The molecule has 4 heteroatoms. The summed E-state index contributed by atoms with van der Waals surface area (Å²) in [6, 6.07) is 0.771. The zero-order valence-electron chi connectivity index (χ0n) is 11.9. The van der Waals surface area contributed by atoms with E-state index in [2.05, 4.69) is 19.2 Å². The highest BCUT2D eigenvalue weighted by atomic mass is 32.1. The summed E-state index contributed by atoms with van der Waals surface area (Å²) >= 11 is 1.91. The van der Waals surface area contributed by atoms with E-state index in [0.29, 0.717) is 11.8 Å².